The molecular weight excluding hydrogens is 338 g/mol. The highest BCUT2D eigenvalue weighted by Gasteiger charge is 2.12. The zero-order valence-corrected chi connectivity index (χ0v) is 12.5. The van der Waals surface area contributed by atoms with Gasteiger partial charge in [0.25, 0.3) is 0 Å². The Bertz CT molecular complexity index is 932. The molecule has 128 valence electrons. The van der Waals surface area contributed by atoms with E-state index in [1.807, 2.05) is 0 Å². The fourth-order valence-corrected chi connectivity index (χ4v) is 2.03. The molecule has 0 aliphatic carbocycles. The van der Waals surface area contributed by atoms with Crippen LogP contribution in [-0.4, -0.2) is 9.97 Å². The van der Waals surface area contributed by atoms with Crippen molar-refractivity contribution >= 4 is 28.7 Å². The molecule has 0 radical (unpaired) electrons. The maximum absolute atomic E-state index is 13.7. The first-order valence-corrected chi connectivity index (χ1v) is 6.98. The molecule has 5 nitrogen and oxygen atoms in total. The van der Waals surface area contributed by atoms with E-state index in [-0.39, 0.29) is 28.7 Å². The van der Waals surface area contributed by atoms with Crippen LogP contribution >= 0.6 is 0 Å². The average molecular weight is 349 g/mol. The van der Waals surface area contributed by atoms with Crippen molar-refractivity contribution in [3.8, 4) is 0 Å². The summed E-state index contributed by atoms with van der Waals surface area (Å²) in [4.78, 5) is 7.76. The Hall–Kier alpha value is -3.36. The summed E-state index contributed by atoms with van der Waals surface area (Å²) in [5, 5.41) is 5.26. The van der Waals surface area contributed by atoms with Crippen LogP contribution in [0.4, 0.5) is 46.3 Å². The van der Waals surface area contributed by atoms with Crippen LogP contribution in [0.5, 0.6) is 0 Å². The summed E-state index contributed by atoms with van der Waals surface area (Å²) >= 11 is 0. The first-order valence-electron chi connectivity index (χ1n) is 6.98. The SMILES string of the molecule is Nc1c(Nc2ccc(F)c(F)c2)ncnc1Nc1cc(F)ccc1F. The van der Waals surface area contributed by atoms with Gasteiger partial charge >= 0.3 is 0 Å². The van der Waals surface area contributed by atoms with Crippen LogP contribution in [0, 0.1) is 23.3 Å². The molecule has 0 aliphatic heterocycles. The Balaban J connectivity index is 1.89. The Kier molecular flexibility index (Phi) is 4.38. The van der Waals surface area contributed by atoms with Crippen molar-refractivity contribution in [3.05, 3.63) is 66.0 Å². The van der Waals surface area contributed by atoms with E-state index in [0.717, 1.165) is 36.7 Å². The van der Waals surface area contributed by atoms with Gasteiger partial charge < -0.3 is 16.4 Å². The lowest BCUT2D eigenvalue weighted by Gasteiger charge is -2.13. The quantitative estimate of drug-likeness (QED) is 0.618. The molecule has 1 heterocycles. The molecule has 9 heteroatoms. The second kappa shape index (κ2) is 6.63. The number of nitrogen functional groups attached to an aromatic ring is 1. The third kappa shape index (κ3) is 3.60. The van der Waals surface area contributed by atoms with E-state index in [2.05, 4.69) is 20.6 Å². The second-order valence-corrected chi connectivity index (χ2v) is 4.99. The number of nitrogens with two attached hydrogens (primary N) is 1. The van der Waals surface area contributed by atoms with E-state index in [4.69, 9.17) is 5.73 Å². The van der Waals surface area contributed by atoms with Crippen molar-refractivity contribution in [1.29, 1.82) is 0 Å². The molecule has 1 aromatic heterocycles. The fraction of sp³-hybridized carbons (Fsp3) is 0. The van der Waals surface area contributed by atoms with E-state index in [1.165, 1.54) is 6.07 Å². The molecule has 3 rings (SSSR count). The first kappa shape index (κ1) is 16.5. The highest BCUT2D eigenvalue weighted by Crippen LogP contribution is 2.29. The number of anilines is 5. The van der Waals surface area contributed by atoms with Gasteiger partial charge in [0.05, 0.1) is 5.69 Å². The Morgan fingerprint density at radius 2 is 1.44 bits per heavy atom. The molecule has 3 aromatic rings. The van der Waals surface area contributed by atoms with Gasteiger partial charge in [0.1, 0.15) is 23.6 Å². The number of benzene rings is 2. The molecule has 0 spiro atoms. The minimum absolute atomic E-state index is 0.0177. The molecule has 0 atom stereocenters. The van der Waals surface area contributed by atoms with Crippen molar-refractivity contribution in [3.63, 3.8) is 0 Å². The van der Waals surface area contributed by atoms with Gasteiger partial charge in [0.2, 0.25) is 0 Å². The molecule has 0 saturated carbocycles. The normalized spacial score (nSPS) is 10.6. The van der Waals surface area contributed by atoms with E-state index in [1.54, 1.807) is 0 Å². The summed E-state index contributed by atoms with van der Waals surface area (Å²) in [6.07, 6.45) is 1.12. The number of hydrogen-bond donors (Lipinski definition) is 3. The van der Waals surface area contributed by atoms with Gasteiger partial charge in [-0.25, -0.2) is 27.5 Å². The number of aromatic nitrogens is 2. The molecule has 4 N–H and O–H groups in total. The predicted octanol–water partition coefficient (Wildman–Crippen LogP) is 4.10. The smallest absolute Gasteiger partial charge is 0.160 e. The first-order chi connectivity index (χ1) is 11.9. The summed E-state index contributed by atoms with van der Waals surface area (Å²) in [6, 6.07) is 6.03. The topological polar surface area (TPSA) is 75.9 Å². The zero-order chi connectivity index (χ0) is 18.0. The Morgan fingerprint density at radius 1 is 0.760 bits per heavy atom. The van der Waals surface area contributed by atoms with Crippen LogP contribution in [0.3, 0.4) is 0 Å². The third-order valence-electron chi connectivity index (χ3n) is 3.25. The fourth-order valence-electron chi connectivity index (χ4n) is 2.03. The number of hydrogen-bond acceptors (Lipinski definition) is 5. The molecule has 0 fully saturated rings. The molecular formula is C16H11F4N5. The van der Waals surface area contributed by atoms with Gasteiger partial charge in [-0.3, -0.25) is 0 Å². The molecule has 2 aromatic carbocycles. The summed E-state index contributed by atoms with van der Waals surface area (Å²) in [5.41, 5.74) is 5.92. The summed E-state index contributed by atoms with van der Waals surface area (Å²) in [5.74, 6) is -3.28. The zero-order valence-electron chi connectivity index (χ0n) is 12.5. The van der Waals surface area contributed by atoms with E-state index in [9.17, 15) is 17.6 Å². The second-order valence-electron chi connectivity index (χ2n) is 4.99. The van der Waals surface area contributed by atoms with Crippen molar-refractivity contribution in [2.75, 3.05) is 16.4 Å². The van der Waals surface area contributed by atoms with Gasteiger partial charge in [0.15, 0.2) is 23.3 Å². The minimum Gasteiger partial charge on any atom is -0.393 e. The monoisotopic (exact) mass is 349 g/mol. The summed E-state index contributed by atoms with van der Waals surface area (Å²) in [6.45, 7) is 0. The third-order valence-corrected chi connectivity index (χ3v) is 3.25. The Morgan fingerprint density at radius 3 is 2.16 bits per heavy atom. The van der Waals surface area contributed by atoms with Gasteiger partial charge in [-0.2, -0.15) is 0 Å². The van der Waals surface area contributed by atoms with Crippen molar-refractivity contribution < 1.29 is 17.6 Å². The van der Waals surface area contributed by atoms with Crippen LogP contribution < -0.4 is 16.4 Å². The molecule has 0 amide bonds. The maximum atomic E-state index is 13.7. The lowest BCUT2D eigenvalue weighted by molar-refractivity contribution is 0.509. The van der Waals surface area contributed by atoms with Crippen LogP contribution in [0.25, 0.3) is 0 Å². The van der Waals surface area contributed by atoms with Crippen molar-refractivity contribution in [1.82, 2.24) is 9.97 Å². The highest BCUT2D eigenvalue weighted by atomic mass is 19.2. The summed E-state index contributed by atoms with van der Waals surface area (Å²) < 4.78 is 53.2. The molecule has 0 unspecified atom stereocenters. The summed E-state index contributed by atoms with van der Waals surface area (Å²) in [7, 11) is 0. The largest absolute Gasteiger partial charge is 0.393 e. The van der Waals surface area contributed by atoms with Gasteiger partial charge in [-0.15, -0.1) is 0 Å². The van der Waals surface area contributed by atoms with Crippen LogP contribution in [0.15, 0.2) is 42.7 Å². The molecule has 0 aliphatic rings. The van der Waals surface area contributed by atoms with Crippen molar-refractivity contribution in [2.45, 2.75) is 0 Å². The van der Waals surface area contributed by atoms with Crippen LogP contribution in [0.2, 0.25) is 0 Å². The predicted molar refractivity (Wildman–Crippen MR) is 85.7 cm³/mol. The standard InChI is InChI=1S/C16H11F4N5/c17-8-1-3-11(19)13(5-8)25-16-14(21)15(22-7-23-16)24-9-2-4-10(18)12(20)6-9/h1-7H,21H2,(H2,22,23,24,25). The van der Waals surface area contributed by atoms with Crippen molar-refractivity contribution in [2.24, 2.45) is 0 Å². The number of nitrogens with zero attached hydrogens (tertiary/aromatic N) is 2. The van der Waals surface area contributed by atoms with Crippen LogP contribution in [0.1, 0.15) is 0 Å². The average Bonchev–Trinajstić information content (AvgIpc) is 2.58. The molecule has 0 saturated heterocycles. The van der Waals surface area contributed by atoms with Gasteiger partial charge in [-0.05, 0) is 24.3 Å². The lowest BCUT2D eigenvalue weighted by atomic mass is 10.2. The Labute approximate surface area is 139 Å². The van der Waals surface area contributed by atoms with E-state index < -0.39 is 23.3 Å². The van der Waals surface area contributed by atoms with E-state index >= 15 is 0 Å². The van der Waals surface area contributed by atoms with Gasteiger partial charge in [0, 0.05) is 17.8 Å². The maximum Gasteiger partial charge on any atom is 0.160 e. The van der Waals surface area contributed by atoms with Crippen LogP contribution in [-0.2, 0) is 0 Å². The number of nitrogens with one attached hydrogen (secondary N) is 2. The molecule has 25 heavy (non-hydrogen) atoms. The van der Waals surface area contributed by atoms with Gasteiger partial charge in [-0.1, -0.05) is 0 Å². The van der Waals surface area contributed by atoms with E-state index in [0.29, 0.717) is 0 Å². The minimum atomic E-state index is -1.04. The lowest BCUT2D eigenvalue weighted by Crippen LogP contribution is -2.06. The highest BCUT2D eigenvalue weighted by molar-refractivity contribution is 5.80. The molecule has 0 bridgehead atoms. The number of rotatable bonds is 4. The number of halogens is 4.